The van der Waals surface area contributed by atoms with E-state index < -0.39 is 0 Å². The summed E-state index contributed by atoms with van der Waals surface area (Å²) in [5.41, 5.74) is 0. The maximum Gasteiger partial charge on any atom is 0.160 e. The second-order valence-corrected chi connectivity index (χ2v) is 9.02. The number of ether oxygens (including phenoxy) is 7. The van der Waals surface area contributed by atoms with Crippen molar-refractivity contribution in [3.63, 3.8) is 0 Å². The van der Waals surface area contributed by atoms with Gasteiger partial charge < -0.3 is 33.2 Å². The van der Waals surface area contributed by atoms with E-state index in [4.69, 9.17) is 33.2 Å². The predicted molar refractivity (Wildman–Crippen MR) is 98.8 cm³/mol. The molecule has 4 aliphatic heterocycles. The Balaban J connectivity index is 1.01. The van der Waals surface area contributed by atoms with Gasteiger partial charge in [0, 0.05) is 11.8 Å². The van der Waals surface area contributed by atoms with E-state index in [0.717, 1.165) is 32.1 Å². The molecule has 1 aliphatic carbocycles. The van der Waals surface area contributed by atoms with Gasteiger partial charge in [-0.15, -0.1) is 0 Å². The molecular weight excluding hydrogens is 364 g/mol. The molecule has 6 atom stereocenters. The van der Waals surface area contributed by atoms with Crippen molar-refractivity contribution in [3.8, 4) is 0 Å². The second-order valence-electron chi connectivity index (χ2n) is 9.02. The zero-order chi connectivity index (χ0) is 19.1. The van der Waals surface area contributed by atoms with Crippen LogP contribution in [0.15, 0.2) is 0 Å². The maximum atomic E-state index is 6.12. The minimum Gasteiger partial charge on any atom is -0.370 e. The van der Waals surface area contributed by atoms with Crippen LogP contribution in [0, 0.1) is 11.8 Å². The van der Waals surface area contributed by atoms with Crippen molar-refractivity contribution in [3.05, 3.63) is 0 Å². The molecule has 28 heavy (non-hydrogen) atoms. The van der Waals surface area contributed by atoms with E-state index in [1.54, 1.807) is 0 Å². The summed E-state index contributed by atoms with van der Waals surface area (Å²) in [5, 5.41) is 0. The van der Waals surface area contributed by atoms with Crippen molar-refractivity contribution in [1.29, 1.82) is 0 Å². The molecule has 0 bridgehead atoms. The molecule has 0 aromatic carbocycles. The molecule has 0 N–H and O–H groups in total. The van der Waals surface area contributed by atoms with Crippen LogP contribution in [-0.2, 0) is 33.2 Å². The Labute approximate surface area is 167 Å². The molecule has 1 saturated carbocycles. The van der Waals surface area contributed by atoms with Crippen LogP contribution >= 0.6 is 0 Å². The van der Waals surface area contributed by atoms with Gasteiger partial charge in [0.2, 0.25) is 0 Å². The van der Waals surface area contributed by atoms with Gasteiger partial charge >= 0.3 is 0 Å². The Morgan fingerprint density at radius 2 is 1.57 bits per heavy atom. The quantitative estimate of drug-likeness (QED) is 0.609. The molecule has 0 aromatic rings. The van der Waals surface area contributed by atoms with E-state index in [1.165, 1.54) is 0 Å². The highest BCUT2D eigenvalue weighted by molar-refractivity contribution is 4.93. The van der Waals surface area contributed by atoms with E-state index in [9.17, 15) is 0 Å². The van der Waals surface area contributed by atoms with Gasteiger partial charge in [-0.25, -0.2) is 0 Å². The number of rotatable bonds is 7. The van der Waals surface area contributed by atoms with Gasteiger partial charge in [-0.05, 0) is 39.0 Å². The third-order valence-electron chi connectivity index (χ3n) is 6.88. The summed E-state index contributed by atoms with van der Waals surface area (Å²) in [7, 11) is 0. The summed E-state index contributed by atoms with van der Waals surface area (Å²) in [4.78, 5) is 0. The highest BCUT2D eigenvalue weighted by atomic mass is 16.7. The fourth-order valence-corrected chi connectivity index (χ4v) is 4.90. The fourth-order valence-electron chi connectivity index (χ4n) is 4.90. The zero-order valence-electron chi connectivity index (χ0n) is 17.0. The summed E-state index contributed by atoms with van der Waals surface area (Å²) < 4.78 is 41.2. The first-order valence-corrected chi connectivity index (χ1v) is 11.1. The van der Waals surface area contributed by atoms with Gasteiger partial charge in [-0.1, -0.05) is 6.92 Å². The first-order valence-electron chi connectivity index (χ1n) is 11.1. The summed E-state index contributed by atoms with van der Waals surface area (Å²) in [6.07, 6.45) is 6.72. The Hall–Kier alpha value is -0.280. The highest BCUT2D eigenvalue weighted by Crippen LogP contribution is 2.42. The van der Waals surface area contributed by atoms with Crippen LogP contribution in [0.4, 0.5) is 0 Å². The van der Waals surface area contributed by atoms with Gasteiger partial charge in [-0.2, -0.15) is 0 Å². The molecule has 4 saturated heterocycles. The topological polar surface area (TPSA) is 71.2 Å². The molecule has 0 spiro atoms. The van der Waals surface area contributed by atoms with E-state index in [0.29, 0.717) is 62.7 Å². The third kappa shape index (κ3) is 4.56. The Bertz CT molecular complexity index is 515. The van der Waals surface area contributed by atoms with Crippen molar-refractivity contribution < 1.29 is 33.2 Å². The molecule has 0 radical (unpaired) electrons. The minimum atomic E-state index is -0.149. The van der Waals surface area contributed by atoms with E-state index >= 15 is 0 Å². The largest absolute Gasteiger partial charge is 0.370 e. The second kappa shape index (κ2) is 8.46. The summed E-state index contributed by atoms with van der Waals surface area (Å²) in [6, 6.07) is 0. The number of epoxide rings is 2. The van der Waals surface area contributed by atoms with E-state index in [2.05, 4.69) is 13.8 Å². The van der Waals surface area contributed by atoms with Crippen LogP contribution in [0.3, 0.4) is 0 Å². The number of hydrogen-bond donors (Lipinski definition) is 0. The Morgan fingerprint density at radius 1 is 0.893 bits per heavy atom. The lowest BCUT2D eigenvalue weighted by Crippen LogP contribution is -2.47. The molecule has 7 heteroatoms. The Morgan fingerprint density at radius 3 is 2.18 bits per heavy atom. The van der Waals surface area contributed by atoms with Crippen LogP contribution in [0.2, 0.25) is 0 Å². The monoisotopic (exact) mass is 398 g/mol. The summed E-state index contributed by atoms with van der Waals surface area (Å²) in [5.74, 6) is 0.833. The standard InChI is InChI=1S/C21H34O7/c1-3-13(6-18-12(2)26-18)20-22-8-15(9-23-20)27-16-10-24-21(25-11-16)14-4-5-17-19(7-14)28-17/h12-21H,3-11H2,1-2H3. The van der Waals surface area contributed by atoms with Crippen molar-refractivity contribution in [2.45, 2.75) is 95.2 Å². The van der Waals surface area contributed by atoms with Crippen LogP contribution in [0.1, 0.15) is 46.0 Å². The van der Waals surface area contributed by atoms with Crippen molar-refractivity contribution >= 4 is 0 Å². The summed E-state index contributed by atoms with van der Waals surface area (Å²) in [6.45, 7) is 6.57. The SMILES string of the molecule is CCC(CC1OC1C)C1OCC(OC2COC(C3CCC4OC4C3)OC2)CO1. The molecule has 7 nitrogen and oxygen atoms in total. The van der Waals surface area contributed by atoms with Gasteiger partial charge in [0.15, 0.2) is 12.6 Å². The molecule has 5 aliphatic rings. The first-order chi connectivity index (χ1) is 13.7. The van der Waals surface area contributed by atoms with Crippen molar-refractivity contribution in [2.24, 2.45) is 11.8 Å². The molecular formula is C21H34O7. The van der Waals surface area contributed by atoms with Gasteiger partial charge in [0.1, 0.15) is 12.2 Å². The van der Waals surface area contributed by atoms with Crippen LogP contribution in [0.25, 0.3) is 0 Å². The highest BCUT2D eigenvalue weighted by Gasteiger charge is 2.47. The first kappa shape index (κ1) is 19.7. The molecule has 0 aromatic heterocycles. The molecule has 6 unspecified atom stereocenters. The van der Waals surface area contributed by atoms with Crippen molar-refractivity contribution in [2.75, 3.05) is 26.4 Å². The molecule has 5 rings (SSSR count). The fraction of sp³-hybridized carbons (Fsp3) is 1.00. The number of fused-ring (bicyclic) bond motifs is 1. The lowest BCUT2D eigenvalue weighted by Gasteiger charge is -2.38. The molecule has 160 valence electrons. The Kier molecular flexibility index (Phi) is 5.94. The lowest BCUT2D eigenvalue weighted by atomic mass is 9.88. The zero-order valence-corrected chi connectivity index (χ0v) is 17.0. The smallest absolute Gasteiger partial charge is 0.160 e. The predicted octanol–water partition coefficient (Wildman–Crippen LogP) is 2.26. The minimum absolute atomic E-state index is 0.0544. The average molecular weight is 398 g/mol. The van der Waals surface area contributed by atoms with E-state index in [1.807, 2.05) is 0 Å². The van der Waals surface area contributed by atoms with Crippen LogP contribution in [-0.4, -0.2) is 75.6 Å². The third-order valence-corrected chi connectivity index (χ3v) is 6.88. The van der Waals surface area contributed by atoms with Crippen LogP contribution < -0.4 is 0 Å². The molecule has 5 fully saturated rings. The van der Waals surface area contributed by atoms with Gasteiger partial charge in [-0.3, -0.25) is 0 Å². The molecule has 0 amide bonds. The summed E-state index contributed by atoms with van der Waals surface area (Å²) >= 11 is 0. The maximum absolute atomic E-state index is 6.12. The van der Waals surface area contributed by atoms with Gasteiger partial charge in [0.25, 0.3) is 0 Å². The average Bonchev–Trinajstić information content (AvgIpc) is 3.64. The van der Waals surface area contributed by atoms with Crippen LogP contribution in [0.5, 0.6) is 0 Å². The van der Waals surface area contributed by atoms with Gasteiger partial charge in [0.05, 0.1) is 50.8 Å². The molecule has 4 heterocycles. The normalized spacial score (nSPS) is 49.3. The van der Waals surface area contributed by atoms with E-state index in [-0.39, 0.29) is 24.8 Å². The number of hydrogen-bond acceptors (Lipinski definition) is 7. The lowest BCUT2D eigenvalue weighted by molar-refractivity contribution is -0.287. The van der Waals surface area contributed by atoms with Crippen molar-refractivity contribution in [1.82, 2.24) is 0 Å².